The molecule has 0 spiro atoms. The topological polar surface area (TPSA) is 37.3 Å². The van der Waals surface area contributed by atoms with Gasteiger partial charge < -0.3 is 5.11 Å². The molecule has 21 heavy (non-hydrogen) atoms. The zero-order chi connectivity index (χ0) is 15.6. The highest BCUT2D eigenvalue weighted by molar-refractivity contribution is 6.30. The zero-order valence-electron chi connectivity index (χ0n) is 10.6. The number of alkyl halides is 3. The Morgan fingerprint density at radius 2 is 1.71 bits per heavy atom. The normalized spacial score (nSPS) is 11.4. The second-order valence-corrected chi connectivity index (χ2v) is 4.88. The van der Waals surface area contributed by atoms with Gasteiger partial charge in [-0.25, -0.2) is 0 Å². The zero-order valence-corrected chi connectivity index (χ0v) is 11.4. The van der Waals surface area contributed by atoms with Gasteiger partial charge >= 0.3 is 12.1 Å². The number of carbonyl (C=O) groups is 1. The van der Waals surface area contributed by atoms with Gasteiger partial charge in [0.2, 0.25) is 0 Å². The average Bonchev–Trinajstić information content (AvgIpc) is 2.39. The van der Waals surface area contributed by atoms with Gasteiger partial charge in [-0.05, 0) is 41.0 Å². The minimum atomic E-state index is -4.41. The van der Waals surface area contributed by atoms with Crippen molar-refractivity contribution in [3.05, 3.63) is 58.6 Å². The van der Waals surface area contributed by atoms with Crippen LogP contribution < -0.4 is 0 Å². The minimum absolute atomic E-state index is 0.229. The number of halogens is 4. The molecule has 0 atom stereocenters. The maximum atomic E-state index is 12.5. The first-order chi connectivity index (χ1) is 9.77. The monoisotopic (exact) mass is 314 g/mol. The first kappa shape index (κ1) is 15.4. The standard InChI is InChI=1S/C15H10ClF3O2/c16-12-6-3-10(7-14(20)21)13(8-12)9-1-4-11(5-2-9)15(17,18)19/h1-6,8H,7H2,(H,20,21). The maximum absolute atomic E-state index is 12.5. The molecule has 0 aromatic heterocycles. The fraction of sp³-hybridized carbons (Fsp3) is 0.133. The summed E-state index contributed by atoms with van der Waals surface area (Å²) >= 11 is 5.88. The van der Waals surface area contributed by atoms with Gasteiger partial charge in [0, 0.05) is 5.02 Å². The van der Waals surface area contributed by atoms with Gasteiger partial charge in [0.1, 0.15) is 0 Å². The molecule has 6 heteroatoms. The lowest BCUT2D eigenvalue weighted by molar-refractivity contribution is -0.138. The predicted octanol–water partition coefficient (Wildman–Crippen LogP) is 4.65. The fourth-order valence-electron chi connectivity index (χ4n) is 1.97. The van der Waals surface area contributed by atoms with Crippen LogP contribution in [0, 0.1) is 0 Å². The third kappa shape index (κ3) is 3.76. The molecule has 110 valence electrons. The highest BCUT2D eigenvalue weighted by Gasteiger charge is 2.30. The third-order valence-corrected chi connectivity index (χ3v) is 3.17. The van der Waals surface area contributed by atoms with E-state index < -0.39 is 17.7 Å². The molecule has 0 bridgehead atoms. The average molecular weight is 315 g/mol. The van der Waals surface area contributed by atoms with Crippen molar-refractivity contribution in [1.82, 2.24) is 0 Å². The Hall–Kier alpha value is -2.01. The molecule has 2 nitrogen and oxygen atoms in total. The van der Waals surface area contributed by atoms with Gasteiger partial charge in [0.25, 0.3) is 0 Å². The molecular weight excluding hydrogens is 305 g/mol. The van der Waals surface area contributed by atoms with Gasteiger partial charge in [-0.3, -0.25) is 4.79 Å². The van der Waals surface area contributed by atoms with Crippen molar-refractivity contribution in [2.24, 2.45) is 0 Å². The van der Waals surface area contributed by atoms with Gasteiger partial charge in [0.05, 0.1) is 12.0 Å². The molecule has 0 aliphatic heterocycles. The van der Waals surface area contributed by atoms with E-state index in [1.165, 1.54) is 12.1 Å². The lowest BCUT2D eigenvalue weighted by Gasteiger charge is -2.11. The van der Waals surface area contributed by atoms with Gasteiger partial charge in [-0.1, -0.05) is 29.8 Å². The highest BCUT2D eigenvalue weighted by atomic mass is 35.5. The molecule has 0 radical (unpaired) electrons. The first-order valence-corrected chi connectivity index (χ1v) is 6.33. The van der Waals surface area contributed by atoms with Crippen LogP contribution >= 0.6 is 11.6 Å². The molecule has 0 saturated heterocycles. The van der Waals surface area contributed by atoms with Crippen LogP contribution in [-0.4, -0.2) is 11.1 Å². The van der Waals surface area contributed by atoms with Crippen LogP contribution in [0.2, 0.25) is 5.02 Å². The van der Waals surface area contributed by atoms with Crippen molar-refractivity contribution >= 4 is 17.6 Å². The Bertz CT molecular complexity index is 664. The molecule has 0 aliphatic carbocycles. The SMILES string of the molecule is O=C(O)Cc1ccc(Cl)cc1-c1ccc(C(F)(F)F)cc1. The van der Waals surface area contributed by atoms with Crippen LogP contribution in [0.15, 0.2) is 42.5 Å². The Kier molecular flexibility index (Phi) is 4.23. The maximum Gasteiger partial charge on any atom is 0.416 e. The number of benzene rings is 2. The van der Waals surface area contributed by atoms with Crippen LogP contribution in [0.1, 0.15) is 11.1 Å². The number of rotatable bonds is 3. The van der Waals surface area contributed by atoms with E-state index in [1.807, 2.05) is 0 Å². The summed E-state index contributed by atoms with van der Waals surface area (Å²) in [5.74, 6) is -1.02. The van der Waals surface area contributed by atoms with Crippen LogP contribution in [-0.2, 0) is 17.4 Å². The Balaban J connectivity index is 2.45. The molecule has 0 aliphatic rings. The van der Waals surface area contributed by atoms with E-state index >= 15 is 0 Å². The Labute approximate surface area is 123 Å². The van der Waals surface area contributed by atoms with Crippen molar-refractivity contribution in [2.75, 3.05) is 0 Å². The van der Waals surface area contributed by atoms with E-state index in [-0.39, 0.29) is 6.42 Å². The molecule has 2 aromatic carbocycles. The smallest absolute Gasteiger partial charge is 0.416 e. The molecule has 0 heterocycles. The highest BCUT2D eigenvalue weighted by Crippen LogP contribution is 2.32. The Morgan fingerprint density at radius 3 is 2.24 bits per heavy atom. The summed E-state index contributed by atoms with van der Waals surface area (Å²) in [5, 5.41) is 9.26. The second-order valence-electron chi connectivity index (χ2n) is 4.45. The molecule has 0 amide bonds. The number of aliphatic carboxylic acids is 1. The number of carboxylic acids is 1. The number of hydrogen-bond donors (Lipinski definition) is 1. The fourth-order valence-corrected chi connectivity index (χ4v) is 2.15. The largest absolute Gasteiger partial charge is 0.481 e. The minimum Gasteiger partial charge on any atom is -0.481 e. The van der Waals surface area contributed by atoms with E-state index in [0.717, 1.165) is 12.1 Å². The number of hydrogen-bond acceptors (Lipinski definition) is 1. The molecule has 0 saturated carbocycles. The summed E-state index contributed by atoms with van der Waals surface area (Å²) in [4.78, 5) is 10.8. The number of carboxylic acid groups (broad SMARTS) is 1. The summed E-state index contributed by atoms with van der Waals surface area (Å²) in [6.45, 7) is 0. The van der Waals surface area contributed by atoms with E-state index in [0.29, 0.717) is 21.7 Å². The molecule has 0 unspecified atom stereocenters. The van der Waals surface area contributed by atoms with E-state index in [1.54, 1.807) is 18.2 Å². The summed E-state index contributed by atoms with van der Waals surface area (Å²) < 4.78 is 37.6. The van der Waals surface area contributed by atoms with Crippen molar-refractivity contribution in [3.8, 4) is 11.1 Å². The Morgan fingerprint density at radius 1 is 1.10 bits per heavy atom. The van der Waals surface area contributed by atoms with E-state index in [2.05, 4.69) is 0 Å². The lowest BCUT2D eigenvalue weighted by Crippen LogP contribution is -2.04. The molecule has 2 aromatic rings. The quantitative estimate of drug-likeness (QED) is 0.895. The van der Waals surface area contributed by atoms with Crippen LogP contribution in [0.5, 0.6) is 0 Å². The first-order valence-electron chi connectivity index (χ1n) is 5.95. The molecule has 0 fully saturated rings. The molecule has 2 rings (SSSR count). The van der Waals surface area contributed by atoms with E-state index in [9.17, 15) is 18.0 Å². The second kappa shape index (κ2) is 5.77. The molecule has 1 N–H and O–H groups in total. The predicted molar refractivity (Wildman–Crippen MR) is 73.2 cm³/mol. The summed E-state index contributed by atoms with van der Waals surface area (Å²) in [5.41, 5.74) is 0.736. The van der Waals surface area contributed by atoms with Crippen LogP contribution in [0.3, 0.4) is 0 Å². The van der Waals surface area contributed by atoms with Gasteiger partial charge in [0.15, 0.2) is 0 Å². The lowest BCUT2D eigenvalue weighted by atomic mass is 9.97. The van der Waals surface area contributed by atoms with E-state index in [4.69, 9.17) is 16.7 Å². The third-order valence-electron chi connectivity index (χ3n) is 2.94. The summed E-state index contributed by atoms with van der Waals surface area (Å²) in [7, 11) is 0. The summed E-state index contributed by atoms with van der Waals surface area (Å²) in [6, 6.07) is 9.18. The van der Waals surface area contributed by atoms with Crippen LogP contribution in [0.25, 0.3) is 11.1 Å². The van der Waals surface area contributed by atoms with Gasteiger partial charge in [-0.2, -0.15) is 13.2 Å². The van der Waals surface area contributed by atoms with Crippen molar-refractivity contribution in [1.29, 1.82) is 0 Å². The summed E-state index contributed by atoms with van der Waals surface area (Å²) in [6.07, 6.45) is -4.63. The van der Waals surface area contributed by atoms with Gasteiger partial charge in [-0.15, -0.1) is 0 Å². The van der Waals surface area contributed by atoms with Crippen molar-refractivity contribution in [3.63, 3.8) is 0 Å². The van der Waals surface area contributed by atoms with Crippen LogP contribution in [0.4, 0.5) is 13.2 Å². The van der Waals surface area contributed by atoms with Crippen molar-refractivity contribution in [2.45, 2.75) is 12.6 Å². The van der Waals surface area contributed by atoms with Crippen molar-refractivity contribution < 1.29 is 23.1 Å². The molecular formula is C15H10ClF3O2.